The lowest BCUT2D eigenvalue weighted by atomic mass is 9.86. The second-order valence-electron chi connectivity index (χ2n) is 11.8. The minimum absolute atomic E-state index is 0.0944. The first-order valence-corrected chi connectivity index (χ1v) is 16.0. The molecule has 0 radical (unpaired) electrons. The van der Waals surface area contributed by atoms with Crippen molar-refractivity contribution in [3.63, 3.8) is 0 Å². The maximum Gasteiger partial charge on any atom is 0.252 e. The quantitative estimate of drug-likeness (QED) is 0.383. The van der Waals surface area contributed by atoms with Gasteiger partial charge in [-0.05, 0) is 97.6 Å². The molecule has 8 heteroatoms. The highest BCUT2D eigenvalue weighted by atomic mass is 32.2. The van der Waals surface area contributed by atoms with Crippen molar-refractivity contribution in [2.45, 2.75) is 85.8 Å². The molecule has 6 rings (SSSR count). The number of carbonyl (C=O) groups excluding carboxylic acids is 1. The molecule has 3 aliphatic rings. The van der Waals surface area contributed by atoms with E-state index < -0.39 is 32.7 Å². The number of hydrogen-bond acceptors (Lipinski definition) is 6. The van der Waals surface area contributed by atoms with Gasteiger partial charge >= 0.3 is 0 Å². The highest BCUT2D eigenvalue weighted by molar-refractivity contribution is 7.93. The van der Waals surface area contributed by atoms with E-state index in [2.05, 4.69) is 28.4 Å². The predicted molar refractivity (Wildman–Crippen MR) is 155 cm³/mol. The Bertz CT molecular complexity index is 1510. The summed E-state index contributed by atoms with van der Waals surface area (Å²) < 4.78 is 25.7. The minimum atomic E-state index is -3.99. The van der Waals surface area contributed by atoms with E-state index in [0.717, 1.165) is 55.2 Å². The first kappa shape index (κ1) is 27.4. The van der Waals surface area contributed by atoms with E-state index in [1.807, 2.05) is 24.3 Å². The standard InChI is InChI=1S/C32H38N2O5S/c35-29(30(36)32(15-16-32)40(38,39)26-13-12-23-7-2-3-8-24(23)20-26)31(37)33-28-10-6-9-25-19-22(11-14-27(25)28)21-34-17-4-1-5-18-34/h2-3,7-8,11-14,19-20,28-30,35-36H,1,4-6,9-10,15-18,21H2,(H,33,37)/t28-,29+,30+/m1/s1. The fraction of sp³-hybridized carbons (Fsp3) is 0.469. The number of piperidine rings is 1. The summed E-state index contributed by atoms with van der Waals surface area (Å²) in [5.41, 5.74) is 3.52. The lowest BCUT2D eigenvalue weighted by molar-refractivity contribution is -0.136. The summed E-state index contributed by atoms with van der Waals surface area (Å²) >= 11 is 0. The first-order valence-electron chi connectivity index (χ1n) is 14.5. The van der Waals surface area contributed by atoms with Gasteiger partial charge in [0.1, 0.15) is 10.9 Å². The Hall–Kier alpha value is -2.78. The Labute approximate surface area is 236 Å². The van der Waals surface area contributed by atoms with E-state index in [4.69, 9.17) is 0 Å². The molecule has 1 saturated carbocycles. The Morgan fingerprint density at radius 1 is 0.950 bits per heavy atom. The number of hydrogen-bond donors (Lipinski definition) is 3. The van der Waals surface area contributed by atoms with Crippen molar-refractivity contribution < 1.29 is 23.4 Å². The van der Waals surface area contributed by atoms with Gasteiger partial charge < -0.3 is 15.5 Å². The number of amides is 1. The monoisotopic (exact) mass is 562 g/mol. The number of sulfone groups is 1. The van der Waals surface area contributed by atoms with Gasteiger partial charge in [0.2, 0.25) is 0 Å². The van der Waals surface area contributed by atoms with Gasteiger partial charge in [0.25, 0.3) is 5.91 Å². The van der Waals surface area contributed by atoms with Crippen LogP contribution in [0.25, 0.3) is 10.8 Å². The summed E-state index contributed by atoms with van der Waals surface area (Å²) in [7, 11) is -3.99. The third-order valence-electron chi connectivity index (χ3n) is 9.11. The molecule has 3 atom stereocenters. The highest BCUT2D eigenvalue weighted by Gasteiger charge is 2.62. The van der Waals surface area contributed by atoms with Crippen LogP contribution in [-0.2, 0) is 27.6 Å². The molecular weight excluding hydrogens is 524 g/mol. The number of fused-ring (bicyclic) bond motifs is 2. The Morgan fingerprint density at radius 2 is 1.70 bits per heavy atom. The second kappa shape index (κ2) is 10.9. The molecule has 2 aliphatic carbocycles. The van der Waals surface area contributed by atoms with Crippen molar-refractivity contribution >= 4 is 26.5 Å². The highest BCUT2D eigenvalue weighted by Crippen LogP contribution is 2.50. The van der Waals surface area contributed by atoms with Gasteiger partial charge in [-0.2, -0.15) is 0 Å². The second-order valence-corrected chi connectivity index (χ2v) is 14.1. The summed E-state index contributed by atoms with van der Waals surface area (Å²) in [6.45, 7) is 3.20. The smallest absolute Gasteiger partial charge is 0.252 e. The minimum Gasteiger partial charge on any atom is -0.388 e. The zero-order valence-electron chi connectivity index (χ0n) is 22.8. The average Bonchev–Trinajstić information content (AvgIpc) is 3.79. The molecule has 7 nitrogen and oxygen atoms in total. The third kappa shape index (κ3) is 5.07. The van der Waals surface area contributed by atoms with Crippen LogP contribution in [0.2, 0.25) is 0 Å². The Morgan fingerprint density at radius 3 is 2.45 bits per heavy atom. The number of benzene rings is 3. The molecule has 0 spiro atoms. The molecule has 3 N–H and O–H groups in total. The molecule has 0 aromatic heterocycles. The van der Waals surface area contributed by atoms with Crippen LogP contribution in [0, 0.1) is 0 Å². The number of carbonyl (C=O) groups is 1. The lowest BCUT2D eigenvalue weighted by Crippen LogP contribution is -2.51. The lowest BCUT2D eigenvalue weighted by Gasteiger charge is -2.31. The van der Waals surface area contributed by atoms with E-state index in [-0.39, 0.29) is 23.8 Å². The summed E-state index contributed by atoms with van der Waals surface area (Å²) in [5, 5.41) is 26.6. The molecule has 1 heterocycles. The number of rotatable bonds is 8. The van der Waals surface area contributed by atoms with Gasteiger partial charge in [0.05, 0.1) is 10.9 Å². The third-order valence-corrected chi connectivity index (χ3v) is 11.7. The van der Waals surface area contributed by atoms with Gasteiger partial charge in [0, 0.05) is 6.54 Å². The molecule has 3 aromatic carbocycles. The number of nitrogens with zero attached hydrogens (tertiary/aromatic N) is 1. The molecule has 1 aliphatic heterocycles. The molecule has 1 saturated heterocycles. The fourth-order valence-corrected chi connectivity index (χ4v) is 8.68. The van der Waals surface area contributed by atoms with E-state index >= 15 is 0 Å². The zero-order chi connectivity index (χ0) is 27.9. The summed E-state index contributed by atoms with van der Waals surface area (Å²) in [5.74, 6) is -0.734. The van der Waals surface area contributed by atoms with Gasteiger partial charge in [-0.25, -0.2) is 8.42 Å². The van der Waals surface area contributed by atoms with Gasteiger partial charge in [-0.15, -0.1) is 0 Å². The van der Waals surface area contributed by atoms with E-state index in [1.54, 1.807) is 12.1 Å². The molecular formula is C32H38N2O5S. The summed E-state index contributed by atoms with van der Waals surface area (Å²) in [6, 6.07) is 18.5. The maximum atomic E-state index is 13.7. The zero-order valence-corrected chi connectivity index (χ0v) is 23.6. The maximum absolute atomic E-state index is 13.7. The van der Waals surface area contributed by atoms with Crippen LogP contribution in [0.1, 0.15) is 67.7 Å². The van der Waals surface area contributed by atoms with E-state index in [0.29, 0.717) is 0 Å². The summed E-state index contributed by atoms with van der Waals surface area (Å²) in [4.78, 5) is 15.8. The van der Waals surface area contributed by atoms with Crippen LogP contribution in [-0.4, -0.2) is 59.5 Å². The molecule has 212 valence electrons. The van der Waals surface area contributed by atoms with Crippen molar-refractivity contribution in [1.29, 1.82) is 0 Å². The van der Waals surface area contributed by atoms with Crippen molar-refractivity contribution in [3.05, 3.63) is 77.4 Å². The van der Waals surface area contributed by atoms with Gasteiger partial charge in [-0.1, -0.05) is 55.0 Å². The fourth-order valence-electron chi connectivity index (χ4n) is 6.60. The van der Waals surface area contributed by atoms with Crippen LogP contribution in [0.4, 0.5) is 0 Å². The van der Waals surface area contributed by atoms with Crippen molar-refractivity contribution in [3.8, 4) is 0 Å². The van der Waals surface area contributed by atoms with E-state index in [9.17, 15) is 23.4 Å². The van der Waals surface area contributed by atoms with Crippen LogP contribution in [0.5, 0.6) is 0 Å². The largest absolute Gasteiger partial charge is 0.388 e. The molecule has 3 aromatic rings. The van der Waals surface area contributed by atoms with Gasteiger partial charge in [-0.3, -0.25) is 9.69 Å². The van der Waals surface area contributed by atoms with E-state index in [1.165, 1.54) is 36.5 Å². The number of likely N-dealkylation sites (tertiary alicyclic amines) is 1. The topological polar surface area (TPSA) is 107 Å². The SMILES string of the molecule is O=C(N[C@@H]1CCCc2cc(CN3CCCCC3)ccc21)[C@@H](O)[C@H](O)C1(S(=O)(=O)c2ccc3ccccc3c2)CC1. The normalized spacial score (nSPS) is 22.3. The Balaban J connectivity index is 1.15. The van der Waals surface area contributed by atoms with Crippen molar-refractivity contribution in [2.24, 2.45) is 0 Å². The number of nitrogens with one attached hydrogen (secondary N) is 1. The molecule has 0 unspecified atom stereocenters. The van der Waals surface area contributed by atoms with Crippen LogP contribution < -0.4 is 5.32 Å². The summed E-state index contributed by atoms with van der Waals surface area (Å²) in [6.07, 6.45) is 3.19. The average molecular weight is 563 g/mol. The van der Waals surface area contributed by atoms with Crippen LogP contribution in [0.3, 0.4) is 0 Å². The first-order chi connectivity index (χ1) is 19.3. The Kier molecular flexibility index (Phi) is 7.46. The van der Waals surface area contributed by atoms with Crippen molar-refractivity contribution in [1.82, 2.24) is 10.2 Å². The van der Waals surface area contributed by atoms with Crippen LogP contribution >= 0.6 is 0 Å². The van der Waals surface area contributed by atoms with Crippen LogP contribution in [0.15, 0.2) is 65.6 Å². The van der Waals surface area contributed by atoms with Crippen molar-refractivity contribution in [2.75, 3.05) is 13.1 Å². The molecule has 0 bridgehead atoms. The predicted octanol–water partition coefficient (Wildman–Crippen LogP) is 4.05. The van der Waals surface area contributed by atoms with Gasteiger partial charge in [0.15, 0.2) is 15.9 Å². The number of aryl methyl sites for hydroxylation is 1. The molecule has 40 heavy (non-hydrogen) atoms. The molecule has 2 fully saturated rings. The number of aliphatic hydroxyl groups excluding tert-OH is 2. The molecule has 1 amide bonds. The number of aliphatic hydroxyl groups is 2.